The van der Waals surface area contributed by atoms with Crippen LogP contribution in [0, 0.1) is 0 Å². The van der Waals surface area contributed by atoms with E-state index in [0.29, 0.717) is 0 Å². The molecule has 1 fully saturated rings. The van der Waals surface area contributed by atoms with Crippen LogP contribution in [0.5, 0.6) is 0 Å². The van der Waals surface area contributed by atoms with Crippen molar-refractivity contribution in [1.82, 2.24) is 9.88 Å². The van der Waals surface area contributed by atoms with Crippen molar-refractivity contribution in [3.05, 3.63) is 35.2 Å². The van der Waals surface area contributed by atoms with Gasteiger partial charge in [0.25, 0.3) is 0 Å². The fourth-order valence-electron chi connectivity index (χ4n) is 2.54. The smallest absolute Gasteiger partial charge is 0.410 e. The number of rotatable bonds is 2. The highest BCUT2D eigenvalue weighted by molar-refractivity contribution is 5.68. The van der Waals surface area contributed by atoms with Gasteiger partial charge in [0.2, 0.25) is 0 Å². The van der Waals surface area contributed by atoms with E-state index in [-0.39, 0.29) is 6.09 Å². The number of aryl methyl sites for hydroxylation is 1. The highest BCUT2D eigenvalue weighted by Crippen LogP contribution is 2.22. The third-order valence-corrected chi connectivity index (χ3v) is 3.68. The fourth-order valence-corrected chi connectivity index (χ4v) is 2.54. The van der Waals surface area contributed by atoms with Crippen LogP contribution in [0.1, 0.15) is 51.8 Å². The Morgan fingerprint density at radius 1 is 1.36 bits per heavy atom. The van der Waals surface area contributed by atoms with Gasteiger partial charge in [-0.15, -0.1) is 0 Å². The van der Waals surface area contributed by atoms with Gasteiger partial charge in [-0.3, -0.25) is 4.98 Å². The predicted octanol–water partition coefficient (Wildman–Crippen LogP) is 4.06. The van der Waals surface area contributed by atoms with E-state index in [1.165, 1.54) is 11.1 Å². The lowest BCUT2D eigenvalue weighted by molar-refractivity contribution is 0.0237. The molecule has 1 aliphatic heterocycles. The van der Waals surface area contributed by atoms with Gasteiger partial charge in [-0.25, -0.2) is 4.79 Å². The van der Waals surface area contributed by atoms with E-state index < -0.39 is 5.60 Å². The third kappa shape index (κ3) is 4.58. The first-order chi connectivity index (χ1) is 10.4. The lowest BCUT2D eigenvalue weighted by Crippen LogP contribution is -2.40. The molecule has 120 valence electrons. The number of aromatic nitrogens is 1. The minimum Gasteiger partial charge on any atom is -0.444 e. The quantitative estimate of drug-likeness (QED) is 0.827. The standard InChI is InChI=1S/C18H26N2O2/c1-5-16-15(7-6-10-19-16)13-14-8-11-20(12-9-14)17(21)22-18(2,3)4/h6-7,10,13H,5,8-9,11-12H2,1-4H3. The van der Waals surface area contributed by atoms with Crippen LogP contribution in [0.2, 0.25) is 0 Å². The number of piperidine rings is 1. The summed E-state index contributed by atoms with van der Waals surface area (Å²) in [6, 6.07) is 4.08. The molecule has 4 heteroatoms. The molecular weight excluding hydrogens is 276 g/mol. The highest BCUT2D eigenvalue weighted by atomic mass is 16.6. The zero-order chi connectivity index (χ0) is 16.2. The fraction of sp³-hybridized carbons (Fsp3) is 0.556. The molecule has 1 aromatic heterocycles. The maximum Gasteiger partial charge on any atom is 0.410 e. The number of hydrogen-bond donors (Lipinski definition) is 0. The van der Waals surface area contributed by atoms with E-state index in [2.05, 4.69) is 24.1 Å². The van der Waals surface area contributed by atoms with Crippen LogP contribution in [-0.2, 0) is 11.2 Å². The molecule has 0 saturated carbocycles. The van der Waals surface area contributed by atoms with E-state index in [1.807, 2.05) is 33.0 Å². The molecule has 0 aromatic carbocycles. The largest absolute Gasteiger partial charge is 0.444 e. The van der Waals surface area contributed by atoms with Gasteiger partial charge in [-0.2, -0.15) is 0 Å². The summed E-state index contributed by atoms with van der Waals surface area (Å²) in [5, 5.41) is 0. The molecule has 0 atom stereocenters. The number of ether oxygens (including phenoxy) is 1. The number of pyridine rings is 1. The van der Waals surface area contributed by atoms with Crippen LogP contribution < -0.4 is 0 Å². The van der Waals surface area contributed by atoms with E-state index in [9.17, 15) is 4.79 Å². The van der Waals surface area contributed by atoms with Crippen molar-refractivity contribution in [3.63, 3.8) is 0 Å². The average Bonchev–Trinajstić information content (AvgIpc) is 2.47. The molecule has 0 bridgehead atoms. The monoisotopic (exact) mass is 302 g/mol. The van der Waals surface area contributed by atoms with E-state index in [1.54, 1.807) is 4.90 Å². The molecule has 2 rings (SSSR count). The maximum absolute atomic E-state index is 12.1. The minimum absolute atomic E-state index is 0.206. The summed E-state index contributed by atoms with van der Waals surface area (Å²) in [5.74, 6) is 0. The number of amides is 1. The molecule has 1 aliphatic rings. The van der Waals surface area contributed by atoms with Gasteiger partial charge >= 0.3 is 6.09 Å². The van der Waals surface area contributed by atoms with Gasteiger partial charge in [0.1, 0.15) is 5.60 Å². The second-order valence-corrected chi connectivity index (χ2v) is 6.66. The van der Waals surface area contributed by atoms with Crippen LogP contribution in [0.4, 0.5) is 4.79 Å². The van der Waals surface area contributed by atoms with E-state index in [4.69, 9.17) is 4.74 Å². The van der Waals surface area contributed by atoms with Crippen molar-refractivity contribution in [3.8, 4) is 0 Å². The molecule has 0 aliphatic carbocycles. The Bertz CT molecular complexity index is 548. The third-order valence-electron chi connectivity index (χ3n) is 3.68. The van der Waals surface area contributed by atoms with Gasteiger partial charge in [-0.05, 0) is 51.7 Å². The molecular formula is C18H26N2O2. The summed E-state index contributed by atoms with van der Waals surface area (Å²) in [6.45, 7) is 9.26. The molecule has 22 heavy (non-hydrogen) atoms. The van der Waals surface area contributed by atoms with E-state index >= 15 is 0 Å². The van der Waals surface area contributed by atoms with Crippen LogP contribution in [0.3, 0.4) is 0 Å². The maximum atomic E-state index is 12.1. The van der Waals surface area contributed by atoms with Crippen molar-refractivity contribution in [2.45, 2.75) is 52.6 Å². The molecule has 2 heterocycles. The molecule has 0 radical (unpaired) electrons. The van der Waals surface area contributed by atoms with Crippen molar-refractivity contribution in [2.24, 2.45) is 0 Å². The number of likely N-dealkylation sites (tertiary alicyclic amines) is 1. The van der Waals surface area contributed by atoms with Gasteiger partial charge < -0.3 is 9.64 Å². The Morgan fingerprint density at radius 2 is 2.05 bits per heavy atom. The first kappa shape index (κ1) is 16.5. The Morgan fingerprint density at radius 3 is 2.64 bits per heavy atom. The first-order valence-electron chi connectivity index (χ1n) is 8.00. The molecule has 1 amide bonds. The first-order valence-corrected chi connectivity index (χ1v) is 8.00. The van der Waals surface area contributed by atoms with Gasteiger partial charge in [-0.1, -0.05) is 24.6 Å². The van der Waals surface area contributed by atoms with Crippen LogP contribution >= 0.6 is 0 Å². The predicted molar refractivity (Wildman–Crippen MR) is 88.6 cm³/mol. The summed E-state index contributed by atoms with van der Waals surface area (Å²) >= 11 is 0. The van der Waals surface area contributed by atoms with Crippen LogP contribution in [0.15, 0.2) is 23.9 Å². The summed E-state index contributed by atoms with van der Waals surface area (Å²) < 4.78 is 5.42. The molecule has 0 unspecified atom stereocenters. The van der Waals surface area contributed by atoms with Crippen molar-refractivity contribution in [1.29, 1.82) is 0 Å². The topological polar surface area (TPSA) is 42.4 Å². The number of nitrogens with zero attached hydrogens (tertiary/aromatic N) is 2. The molecule has 4 nitrogen and oxygen atoms in total. The Hall–Kier alpha value is -1.84. The summed E-state index contributed by atoms with van der Waals surface area (Å²) in [7, 11) is 0. The zero-order valence-corrected chi connectivity index (χ0v) is 14.1. The van der Waals surface area contributed by atoms with E-state index in [0.717, 1.165) is 38.0 Å². The number of carbonyl (C=O) groups excluding carboxylic acids is 1. The highest BCUT2D eigenvalue weighted by Gasteiger charge is 2.24. The SMILES string of the molecule is CCc1ncccc1C=C1CCN(C(=O)OC(C)(C)C)CC1. The van der Waals surface area contributed by atoms with Crippen molar-refractivity contribution in [2.75, 3.05) is 13.1 Å². The summed E-state index contributed by atoms with van der Waals surface area (Å²) in [6.07, 6.45) is 6.60. The van der Waals surface area contributed by atoms with Crippen LogP contribution in [0.25, 0.3) is 6.08 Å². The second kappa shape index (κ2) is 6.95. The number of hydrogen-bond acceptors (Lipinski definition) is 3. The molecule has 0 spiro atoms. The minimum atomic E-state index is -0.432. The number of carbonyl (C=O) groups is 1. The van der Waals surface area contributed by atoms with Gasteiger partial charge in [0, 0.05) is 25.0 Å². The lowest BCUT2D eigenvalue weighted by Gasteiger charge is -2.31. The average molecular weight is 302 g/mol. The summed E-state index contributed by atoms with van der Waals surface area (Å²) in [4.78, 5) is 18.3. The van der Waals surface area contributed by atoms with Gasteiger partial charge in [0.15, 0.2) is 0 Å². The molecule has 0 N–H and O–H groups in total. The normalized spacial score (nSPS) is 15.6. The van der Waals surface area contributed by atoms with Crippen molar-refractivity contribution >= 4 is 12.2 Å². The van der Waals surface area contributed by atoms with Gasteiger partial charge in [0.05, 0.1) is 0 Å². The molecule has 1 aromatic rings. The Kier molecular flexibility index (Phi) is 5.22. The summed E-state index contributed by atoms with van der Waals surface area (Å²) in [5.41, 5.74) is 3.27. The van der Waals surface area contributed by atoms with Crippen molar-refractivity contribution < 1.29 is 9.53 Å². The Balaban J connectivity index is 1.97. The zero-order valence-electron chi connectivity index (χ0n) is 14.1. The molecule has 1 saturated heterocycles. The Labute approximate surface area is 133 Å². The lowest BCUT2D eigenvalue weighted by atomic mass is 10.00. The van der Waals surface area contributed by atoms with Crippen LogP contribution in [-0.4, -0.2) is 34.7 Å². The second-order valence-electron chi connectivity index (χ2n) is 6.66.